The SMILES string of the molecule is CN[C@@H](C)C(=O)NC(C(=O)N1CCN(C(=O)c2ccc3nc(C)nn3c2)CC1)C1CCCCC1. The predicted molar refractivity (Wildman–Crippen MR) is 127 cm³/mol. The Kier molecular flexibility index (Phi) is 7.45. The summed E-state index contributed by atoms with van der Waals surface area (Å²) in [5, 5.41) is 10.3. The van der Waals surface area contributed by atoms with Crippen LogP contribution >= 0.6 is 0 Å². The molecule has 2 aliphatic rings. The molecule has 3 heterocycles. The maximum absolute atomic E-state index is 13.5. The third-order valence-electron chi connectivity index (χ3n) is 7.07. The number of piperazine rings is 1. The number of likely N-dealkylation sites (N-methyl/N-ethyl adjacent to an activating group) is 1. The minimum Gasteiger partial charge on any atom is -0.343 e. The van der Waals surface area contributed by atoms with Crippen LogP contribution in [0.3, 0.4) is 0 Å². The molecule has 1 saturated heterocycles. The number of hydrogen-bond acceptors (Lipinski definition) is 6. The molecule has 0 bridgehead atoms. The van der Waals surface area contributed by atoms with E-state index in [9.17, 15) is 14.4 Å². The number of aromatic nitrogens is 3. The number of rotatable bonds is 6. The monoisotopic (exact) mass is 469 g/mol. The molecule has 34 heavy (non-hydrogen) atoms. The van der Waals surface area contributed by atoms with E-state index in [0.29, 0.717) is 43.2 Å². The van der Waals surface area contributed by atoms with Gasteiger partial charge in [-0.25, -0.2) is 9.50 Å². The van der Waals surface area contributed by atoms with Crippen LogP contribution in [0.25, 0.3) is 5.65 Å². The zero-order valence-corrected chi connectivity index (χ0v) is 20.3. The molecule has 10 nitrogen and oxygen atoms in total. The number of aryl methyl sites for hydroxylation is 1. The van der Waals surface area contributed by atoms with Gasteiger partial charge in [0.25, 0.3) is 5.91 Å². The van der Waals surface area contributed by atoms with E-state index in [-0.39, 0.29) is 29.7 Å². The van der Waals surface area contributed by atoms with E-state index < -0.39 is 6.04 Å². The van der Waals surface area contributed by atoms with Crippen LogP contribution in [-0.2, 0) is 9.59 Å². The molecule has 2 fully saturated rings. The molecular formula is C24H35N7O3. The van der Waals surface area contributed by atoms with Crippen LogP contribution in [0.4, 0.5) is 0 Å². The van der Waals surface area contributed by atoms with E-state index in [0.717, 1.165) is 25.7 Å². The lowest BCUT2D eigenvalue weighted by Crippen LogP contribution is -2.59. The van der Waals surface area contributed by atoms with E-state index in [1.54, 1.807) is 46.6 Å². The fourth-order valence-electron chi connectivity index (χ4n) is 4.89. The normalized spacial score (nSPS) is 19.1. The van der Waals surface area contributed by atoms with Gasteiger partial charge < -0.3 is 20.4 Å². The van der Waals surface area contributed by atoms with Crippen LogP contribution in [-0.4, -0.2) is 87.4 Å². The Bertz CT molecular complexity index is 1040. The van der Waals surface area contributed by atoms with Crippen molar-refractivity contribution in [3.63, 3.8) is 0 Å². The van der Waals surface area contributed by atoms with Crippen LogP contribution in [0.5, 0.6) is 0 Å². The molecular weight excluding hydrogens is 434 g/mol. The van der Waals surface area contributed by atoms with Gasteiger partial charge in [0.15, 0.2) is 5.65 Å². The summed E-state index contributed by atoms with van der Waals surface area (Å²) >= 11 is 0. The highest BCUT2D eigenvalue weighted by Crippen LogP contribution is 2.28. The van der Waals surface area contributed by atoms with E-state index in [1.807, 2.05) is 6.92 Å². The molecule has 184 valence electrons. The molecule has 0 radical (unpaired) electrons. The zero-order valence-electron chi connectivity index (χ0n) is 20.3. The summed E-state index contributed by atoms with van der Waals surface area (Å²) in [5.41, 5.74) is 1.25. The summed E-state index contributed by atoms with van der Waals surface area (Å²) in [6.07, 6.45) is 6.96. The lowest BCUT2D eigenvalue weighted by molar-refractivity contribution is -0.140. The summed E-state index contributed by atoms with van der Waals surface area (Å²) in [6.45, 7) is 5.42. The second-order valence-corrected chi connectivity index (χ2v) is 9.39. The number of fused-ring (bicyclic) bond motifs is 1. The van der Waals surface area contributed by atoms with E-state index >= 15 is 0 Å². The summed E-state index contributed by atoms with van der Waals surface area (Å²) in [5.74, 6) is 0.545. The van der Waals surface area contributed by atoms with E-state index in [2.05, 4.69) is 20.7 Å². The first-order chi connectivity index (χ1) is 16.4. The molecule has 1 saturated carbocycles. The van der Waals surface area contributed by atoms with Crippen molar-refractivity contribution in [3.05, 3.63) is 29.7 Å². The van der Waals surface area contributed by atoms with Gasteiger partial charge in [0.1, 0.15) is 11.9 Å². The number of nitrogens with one attached hydrogen (secondary N) is 2. The fraction of sp³-hybridized carbons (Fsp3) is 0.625. The highest BCUT2D eigenvalue weighted by atomic mass is 16.2. The van der Waals surface area contributed by atoms with Crippen molar-refractivity contribution in [2.24, 2.45) is 5.92 Å². The number of hydrogen-bond donors (Lipinski definition) is 2. The quantitative estimate of drug-likeness (QED) is 0.653. The fourth-order valence-corrected chi connectivity index (χ4v) is 4.89. The standard InChI is InChI=1S/C24H35N7O3/c1-16(25-3)22(32)27-21(18-7-5-4-6-8-18)24(34)30-13-11-29(12-14-30)23(33)19-9-10-20-26-17(2)28-31(20)15-19/h9-10,15-16,18,21,25H,4-8,11-14H2,1-3H3,(H,27,32)/t16-,21?/m0/s1. The van der Waals surface area contributed by atoms with Gasteiger partial charge in [0.05, 0.1) is 11.6 Å². The predicted octanol–water partition coefficient (Wildman–Crippen LogP) is 0.995. The van der Waals surface area contributed by atoms with Gasteiger partial charge in [-0.2, -0.15) is 5.10 Å². The largest absolute Gasteiger partial charge is 0.343 e. The van der Waals surface area contributed by atoms with Gasteiger partial charge in [-0.1, -0.05) is 19.3 Å². The van der Waals surface area contributed by atoms with Gasteiger partial charge in [-0.15, -0.1) is 0 Å². The Labute approximate surface area is 200 Å². The zero-order chi connectivity index (χ0) is 24.2. The van der Waals surface area contributed by atoms with Crippen molar-refractivity contribution in [3.8, 4) is 0 Å². The van der Waals surface area contributed by atoms with Gasteiger partial charge in [0, 0.05) is 32.4 Å². The summed E-state index contributed by atoms with van der Waals surface area (Å²) < 4.78 is 1.62. The maximum Gasteiger partial charge on any atom is 0.255 e. The Morgan fingerprint density at radius 1 is 1.03 bits per heavy atom. The third-order valence-corrected chi connectivity index (χ3v) is 7.07. The lowest BCUT2D eigenvalue weighted by Gasteiger charge is -2.39. The first-order valence-corrected chi connectivity index (χ1v) is 12.3. The Morgan fingerprint density at radius 2 is 1.71 bits per heavy atom. The molecule has 3 amide bonds. The Hall–Kier alpha value is -3.01. The second-order valence-electron chi connectivity index (χ2n) is 9.39. The average Bonchev–Trinajstić information content (AvgIpc) is 3.25. The minimum absolute atomic E-state index is 0.0323. The Morgan fingerprint density at radius 3 is 2.38 bits per heavy atom. The molecule has 1 unspecified atom stereocenters. The minimum atomic E-state index is -0.510. The molecule has 0 aromatic carbocycles. The third kappa shape index (κ3) is 5.22. The second kappa shape index (κ2) is 10.5. The van der Waals surface area contributed by atoms with Gasteiger partial charge in [-0.3, -0.25) is 14.4 Å². The molecule has 4 rings (SSSR count). The Balaban J connectivity index is 1.40. The maximum atomic E-state index is 13.5. The number of carbonyl (C=O) groups is 3. The van der Waals surface area contributed by atoms with Crippen molar-refractivity contribution in [2.75, 3.05) is 33.2 Å². The number of pyridine rings is 1. The van der Waals surface area contributed by atoms with Crippen LogP contribution < -0.4 is 10.6 Å². The number of nitrogens with zero attached hydrogens (tertiary/aromatic N) is 5. The van der Waals surface area contributed by atoms with Crippen LogP contribution in [0, 0.1) is 12.8 Å². The highest BCUT2D eigenvalue weighted by molar-refractivity contribution is 5.94. The first-order valence-electron chi connectivity index (χ1n) is 12.3. The van der Waals surface area contributed by atoms with Crippen molar-refractivity contribution in [1.29, 1.82) is 0 Å². The van der Waals surface area contributed by atoms with Crippen molar-refractivity contribution in [2.45, 2.75) is 58.0 Å². The summed E-state index contributed by atoms with van der Waals surface area (Å²) in [4.78, 5) is 47.0. The average molecular weight is 470 g/mol. The smallest absolute Gasteiger partial charge is 0.255 e. The molecule has 1 aliphatic carbocycles. The molecule has 2 aromatic heterocycles. The molecule has 2 N–H and O–H groups in total. The molecule has 2 atom stereocenters. The summed E-state index contributed by atoms with van der Waals surface area (Å²) in [6, 6.07) is 2.68. The molecule has 1 aliphatic heterocycles. The molecule has 0 spiro atoms. The van der Waals surface area contributed by atoms with Crippen molar-refractivity contribution >= 4 is 23.4 Å². The van der Waals surface area contributed by atoms with Gasteiger partial charge in [0.2, 0.25) is 11.8 Å². The van der Waals surface area contributed by atoms with Crippen LogP contribution in [0.1, 0.15) is 55.2 Å². The topological polar surface area (TPSA) is 112 Å². The van der Waals surface area contributed by atoms with E-state index in [1.165, 1.54) is 6.42 Å². The molecule has 10 heteroatoms. The van der Waals surface area contributed by atoms with Gasteiger partial charge >= 0.3 is 0 Å². The number of amides is 3. The first kappa shape index (κ1) is 24.1. The van der Waals surface area contributed by atoms with Crippen molar-refractivity contribution < 1.29 is 14.4 Å². The van der Waals surface area contributed by atoms with E-state index in [4.69, 9.17) is 0 Å². The number of carbonyl (C=O) groups excluding carboxylic acids is 3. The van der Waals surface area contributed by atoms with Crippen LogP contribution in [0.2, 0.25) is 0 Å². The lowest BCUT2D eigenvalue weighted by atomic mass is 9.83. The van der Waals surface area contributed by atoms with Crippen molar-refractivity contribution in [1.82, 2.24) is 35.0 Å². The highest BCUT2D eigenvalue weighted by Gasteiger charge is 2.36. The van der Waals surface area contributed by atoms with Gasteiger partial charge in [-0.05, 0) is 51.8 Å². The van der Waals surface area contributed by atoms with Crippen LogP contribution in [0.15, 0.2) is 18.3 Å². The molecule has 2 aromatic rings. The summed E-state index contributed by atoms with van der Waals surface area (Å²) in [7, 11) is 1.74.